The Morgan fingerprint density at radius 1 is 1.08 bits per heavy atom. The highest BCUT2D eigenvalue weighted by molar-refractivity contribution is 7.86. The number of carbonyl (C=O) groups is 1. The van der Waals surface area contributed by atoms with E-state index in [9.17, 15) is 13.2 Å². The minimum Gasteiger partial charge on any atom is -0.493 e. The number of methoxy groups -OCH3 is 2. The SMILES string of the molecule is COc1ccc(/C=C/C(=O)N2CCN(S(=O)(=O)N(C)C)CC2)cc1OC. The molecule has 26 heavy (non-hydrogen) atoms. The van der Waals surface area contributed by atoms with Crippen LogP contribution in [0.15, 0.2) is 24.3 Å². The first kappa shape index (κ1) is 20.2. The zero-order valence-corrected chi connectivity index (χ0v) is 16.3. The quantitative estimate of drug-likeness (QED) is 0.675. The summed E-state index contributed by atoms with van der Waals surface area (Å²) in [5, 5.41) is 0. The number of hydrogen-bond acceptors (Lipinski definition) is 5. The lowest BCUT2D eigenvalue weighted by molar-refractivity contribution is -0.127. The first-order chi connectivity index (χ1) is 12.3. The molecule has 1 amide bonds. The number of ether oxygens (including phenoxy) is 2. The zero-order chi connectivity index (χ0) is 19.3. The van der Waals surface area contributed by atoms with Crippen molar-refractivity contribution in [1.82, 2.24) is 13.5 Å². The fourth-order valence-electron chi connectivity index (χ4n) is 2.60. The van der Waals surface area contributed by atoms with Crippen molar-refractivity contribution in [2.45, 2.75) is 0 Å². The summed E-state index contributed by atoms with van der Waals surface area (Å²) in [7, 11) is 2.68. The van der Waals surface area contributed by atoms with Crippen molar-refractivity contribution in [1.29, 1.82) is 0 Å². The van der Waals surface area contributed by atoms with Crippen LogP contribution in [0.5, 0.6) is 11.5 Å². The van der Waals surface area contributed by atoms with Crippen LogP contribution >= 0.6 is 0 Å². The summed E-state index contributed by atoms with van der Waals surface area (Å²) in [5.74, 6) is 1.06. The Hall–Kier alpha value is -2.10. The number of piperazine rings is 1. The van der Waals surface area contributed by atoms with Crippen LogP contribution in [0.4, 0.5) is 0 Å². The minimum absolute atomic E-state index is 0.151. The Morgan fingerprint density at radius 3 is 2.23 bits per heavy atom. The van der Waals surface area contributed by atoms with Gasteiger partial charge in [-0.2, -0.15) is 17.0 Å². The van der Waals surface area contributed by atoms with Gasteiger partial charge in [0, 0.05) is 46.4 Å². The first-order valence-corrected chi connectivity index (χ1v) is 9.56. The van der Waals surface area contributed by atoms with Gasteiger partial charge in [0.25, 0.3) is 10.2 Å². The number of benzene rings is 1. The van der Waals surface area contributed by atoms with Crippen LogP contribution in [0, 0.1) is 0 Å². The van der Waals surface area contributed by atoms with Crippen LogP contribution in [0.25, 0.3) is 6.08 Å². The van der Waals surface area contributed by atoms with Gasteiger partial charge in [-0.25, -0.2) is 0 Å². The summed E-state index contributed by atoms with van der Waals surface area (Å²) < 4.78 is 37.2. The van der Waals surface area contributed by atoms with E-state index in [4.69, 9.17) is 9.47 Å². The Morgan fingerprint density at radius 2 is 1.69 bits per heavy atom. The van der Waals surface area contributed by atoms with Crippen LogP contribution in [0.1, 0.15) is 5.56 Å². The maximum atomic E-state index is 12.3. The monoisotopic (exact) mass is 383 g/mol. The number of nitrogens with zero attached hydrogens (tertiary/aromatic N) is 3. The van der Waals surface area contributed by atoms with Crippen LogP contribution in [0.2, 0.25) is 0 Å². The molecule has 0 spiro atoms. The third kappa shape index (κ3) is 4.54. The molecule has 1 aromatic carbocycles. The van der Waals surface area contributed by atoms with Crippen LogP contribution < -0.4 is 9.47 Å². The smallest absolute Gasteiger partial charge is 0.281 e. The van der Waals surface area contributed by atoms with E-state index in [0.29, 0.717) is 24.6 Å². The van der Waals surface area contributed by atoms with Crippen molar-refractivity contribution in [3.05, 3.63) is 29.8 Å². The number of rotatable bonds is 6. The molecule has 8 nitrogen and oxygen atoms in total. The molecular weight excluding hydrogens is 358 g/mol. The Labute approximate surface area is 154 Å². The minimum atomic E-state index is -3.43. The van der Waals surface area contributed by atoms with Gasteiger partial charge < -0.3 is 14.4 Å². The molecule has 1 heterocycles. The van der Waals surface area contributed by atoms with E-state index in [1.54, 1.807) is 37.3 Å². The summed E-state index contributed by atoms with van der Waals surface area (Å²) in [6.07, 6.45) is 3.19. The van der Waals surface area contributed by atoms with Crippen molar-refractivity contribution in [2.24, 2.45) is 0 Å². The van der Waals surface area contributed by atoms with Gasteiger partial charge >= 0.3 is 0 Å². The van der Waals surface area contributed by atoms with E-state index < -0.39 is 10.2 Å². The summed E-state index contributed by atoms with van der Waals surface area (Å²) in [6, 6.07) is 5.38. The van der Waals surface area contributed by atoms with Crippen molar-refractivity contribution in [2.75, 3.05) is 54.5 Å². The number of carbonyl (C=O) groups excluding carboxylic acids is 1. The summed E-state index contributed by atoms with van der Waals surface area (Å²) in [5.41, 5.74) is 0.810. The molecule has 0 aliphatic carbocycles. The van der Waals surface area contributed by atoms with E-state index in [2.05, 4.69) is 0 Å². The average Bonchev–Trinajstić information content (AvgIpc) is 2.65. The molecule has 1 aliphatic heterocycles. The third-order valence-corrected chi connectivity index (χ3v) is 6.10. The van der Waals surface area contributed by atoms with E-state index in [0.717, 1.165) is 5.56 Å². The molecule has 9 heteroatoms. The van der Waals surface area contributed by atoms with Crippen molar-refractivity contribution in [3.8, 4) is 11.5 Å². The lowest BCUT2D eigenvalue weighted by Crippen LogP contribution is -2.52. The molecule has 0 saturated carbocycles. The number of amides is 1. The molecule has 0 atom stereocenters. The van der Waals surface area contributed by atoms with Gasteiger partial charge in [0.2, 0.25) is 5.91 Å². The van der Waals surface area contributed by atoms with E-state index in [-0.39, 0.29) is 19.0 Å². The highest BCUT2D eigenvalue weighted by atomic mass is 32.2. The third-order valence-electron chi connectivity index (χ3n) is 4.16. The number of hydrogen-bond donors (Lipinski definition) is 0. The van der Waals surface area contributed by atoms with Crippen LogP contribution in [0.3, 0.4) is 0 Å². The Bertz CT molecular complexity index is 769. The average molecular weight is 383 g/mol. The van der Waals surface area contributed by atoms with Gasteiger partial charge in [0.05, 0.1) is 14.2 Å². The second-order valence-electron chi connectivity index (χ2n) is 5.96. The second kappa shape index (κ2) is 8.52. The maximum absolute atomic E-state index is 12.3. The van der Waals surface area contributed by atoms with E-state index in [1.165, 1.54) is 28.8 Å². The molecule has 0 N–H and O–H groups in total. The van der Waals surface area contributed by atoms with Crippen LogP contribution in [-0.2, 0) is 15.0 Å². The fourth-order valence-corrected chi connectivity index (χ4v) is 3.69. The van der Waals surface area contributed by atoms with Crippen molar-refractivity contribution < 1.29 is 22.7 Å². The van der Waals surface area contributed by atoms with Gasteiger partial charge in [-0.1, -0.05) is 6.07 Å². The van der Waals surface area contributed by atoms with E-state index >= 15 is 0 Å². The lowest BCUT2D eigenvalue weighted by Gasteiger charge is -2.34. The predicted molar refractivity (Wildman–Crippen MR) is 99.3 cm³/mol. The normalized spacial score (nSPS) is 16.3. The van der Waals surface area contributed by atoms with Gasteiger partial charge in [-0.05, 0) is 23.8 Å². The Balaban J connectivity index is 1.98. The molecule has 1 aliphatic rings. The largest absolute Gasteiger partial charge is 0.493 e. The molecule has 2 rings (SSSR count). The standard InChI is InChI=1S/C17H25N3O5S/c1-18(2)26(22,23)20-11-9-19(10-12-20)17(21)8-6-14-5-7-15(24-3)16(13-14)25-4/h5-8,13H,9-12H2,1-4H3/b8-6+. The molecule has 144 valence electrons. The van der Waals surface area contributed by atoms with Gasteiger partial charge in [0.15, 0.2) is 11.5 Å². The van der Waals surface area contributed by atoms with Gasteiger partial charge in [-0.15, -0.1) is 0 Å². The molecule has 0 radical (unpaired) electrons. The molecular formula is C17H25N3O5S. The molecule has 1 fully saturated rings. The molecule has 0 unspecified atom stereocenters. The lowest BCUT2D eigenvalue weighted by atomic mass is 10.2. The highest BCUT2D eigenvalue weighted by Gasteiger charge is 2.29. The summed E-state index contributed by atoms with van der Waals surface area (Å²) in [6.45, 7) is 1.30. The van der Waals surface area contributed by atoms with Gasteiger partial charge in [-0.3, -0.25) is 4.79 Å². The van der Waals surface area contributed by atoms with Crippen molar-refractivity contribution in [3.63, 3.8) is 0 Å². The van der Waals surface area contributed by atoms with E-state index in [1.807, 2.05) is 6.07 Å². The molecule has 1 aromatic rings. The topological polar surface area (TPSA) is 79.4 Å². The molecule has 1 saturated heterocycles. The van der Waals surface area contributed by atoms with Crippen LogP contribution in [-0.4, -0.2) is 82.3 Å². The van der Waals surface area contributed by atoms with Gasteiger partial charge in [0.1, 0.15) is 0 Å². The second-order valence-corrected chi connectivity index (χ2v) is 8.10. The van der Waals surface area contributed by atoms with Crippen molar-refractivity contribution >= 4 is 22.2 Å². The molecule has 0 aromatic heterocycles. The fraction of sp³-hybridized carbons (Fsp3) is 0.471. The zero-order valence-electron chi connectivity index (χ0n) is 15.5. The summed E-state index contributed by atoms with van der Waals surface area (Å²) in [4.78, 5) is 14.0. The highest BCUT2D eigenvalue weighted by Crippen LogP contribution is 2.28. The first-order valence-electron chi connectivity index (χ1n) is 8.16. The molecule has 0 bridgehead atoms. The summed E-state index contributed by atoms with van der Waals surface area (Å²) >= 11 is 0. The maximum Gasteiger partial charge on any atom is 0.281 e. The predicted octanol–water partition coefficient (Wildman–Crippen LogP) is 0.668. The Kier molecular flexibility index (Phi) is 6.63.